The molecule has 8 heteroatoms. The van der Waals surface area contributed by atoms with E-state index in [0.29, 0.717) is 17.1 Å². The molecule has 0 spiro atoms. The first-order chi connectivity index (χ1) is 18.2. The van der Waals surface area contributed by atoms with E-state index in [-0.39, 0.29) is 5.82 Å². The van der Waals surface area contributed by atoms with Crippen molar-refractivity contribution in [2.75, 3.05) is 31.5 Å². The second kappa shape index (κ2) is 11.7. The summed E-state index contributed by atoms with van der Waals surface area (Å²) in [6, 6.07) is 16.2. The number of anilines is 2. The average Bonchev–Trinajstić information content (AvgIpc) is 2.94. The second-order valence-electron chi connectivity index (χ2n) is 9.05. The van der Waals surface area contributed by atoms with Crippen LogP contribution in [0.15, 0.2) is 78.3 Å². The van der Waals surface area contributed by atoms with Gasteiger partial charge in [0.15, 0.2) is 0 Å². The standard InChI is InChI=1S/C29H30FN7/c30-26-7-3-2-6-24(26)28-17-23(10-11-33-28)36-29-25-9-8-21(16-27(25)34-20-35-29)22(18-31)19-32-12-15-37-13-4-1-5-14-37/h2-3,6-11,16-20H,1,4-5,12-15,31H2,(H,33,34,35,36)/b22-18+,32-19?. The summed E-state index contributed by atoms with van der Waals surface area (Å²) in [6.45, 7) is 4.06. The molecule has 1 aliphatic rings. The van der Waals surface area contributed by atoms with Gasteiger partial charge in [-0.15, -0.1) is 0 Å². The van der Waals surface area contributed by atoms with Gasteiger partial charge in [-0.2, -0.15) is 0 Å². The lowest BCUT2D eigenvalue weighted by Crippen LogP contribution is -2.31. The molecule has 7 nitrogen and oxygen atoms in total. The second-order valence-corrected chi connectivity index (χ2v) is 9.05. The molecule has 3 heterocycles. The minimum absolute atomic E-state index is 0.314. The van der Waals surface area contributed by atoms with Crippen LogP contribution in [0.1, 0.15) is 24.8 Å². The molecule has 0 amide bonds. The Morgan fingerprint density at radius 3 is 2.73 bits per heavy atom. The Labute approximate surface area is 216 Å². The molecular weight excluding hydrogens is 465 g/mol. The summed E-state index contributed by atoms with van der Waals surface area (Å²) in [5.74, 6) is 0.335. The minimum atomic E-state index is -0.314. The van der Waals surface area contributed by atoms with Gasteiger partial charge in [-0.1, -0.05) is 24.6 Å². The van der Waals surface area contributed by atoms with Crippen molar-refractivity contribution in [1.29, 1.82) is 0 Å². The fourth-order valence-corrected chi connectivity index (χ4v) is 4.56. The zero-order valence-corrected chi connectivity index (χ0v) is 20.6. The van der Waals surface area contributed by atoms with Gasteiger partial charge in [-0.3, -0.25) is 9.98 Å². The van der Waals surface area contributed by atoms with E-state index in [1.807, 2.05) is 30.5 Å². The Morgan fingerprint density at radius 2 is 1.89 bits per heavy atom. The molecule has 0 atom stereocenters. The number of pyridine rings is 1. The van der Waals surface area contributed by atoms with Crippen LogP contribution in [0.5, 0.6) is 0 Å². The number of hydrogen-bond acceptors (Lipinski definition) is 7. The summed E-state index contributed by atoms with van der Waals surface area (Å²) in [6.07, 6.45) is 10.5. The van der Waals surface area contributed by atoms with Crippen LogP contribution < -0.4 is 11.1 Å². The number of nitrogens with one attached hydrogen (secondary N) is 1. The van der Waals surface area contributed by atoms with Crippen molar-refractivity contribution in [2.24, 2.45) is 10.7 Å². The van der Waals surface area contributed by atoms with E-state index >= 15 is 0 Å². The number of halogens is 1. The fourth-order valence-electron chi connectivity index (χ4n) is 4.56. The molecule has 0 radical (unpaired) electrons. The monoisotopic (exact) mass is 495 g/mol. The predicted octanol–water partition coefficient (Wildman–Crippen LogP) is 5.43. The first kappa shape index (κ1) is 24.5. The quantitative estimate of drug-likeness (QED) is 0.317. The third kappa shape index (κ3) is 5.98. The zero-order valence-electron chi connectivity index (χ0n) is 20.6. The van der Waals surface area contributed by atoms with Crippen molar-refractivity contribution < 1.29 is 4.39 Å². The van der Waals surface area contributed by atoms with E-state index in [2.05, 4.69) is 30.2 Å². The van der Waals surface area contributed by atoms with E-state index in [1.165, 1.54) is 44.7 Å². The average molecular weight is 496 g/mol. The summed E-state index contributed by atoms with van der Waals surface area (Å²) in [5, 5.41) is 4.18. The van der Waals surface area contributed by atoms with Crippen LogP contribution in [0.25, 0.3) is 27.7 Å². The molecule has 188 valence electrons. The predicted molar refractivity (Wildman–Crippen MR) is 148 cm³/mol. The highest BCUT2D eigenvalue weighted by Crippen LogP contribution is 2.28. The molecule has 3 N–H and O–H groups in total. The van der Waals surface area contributed by atoms with Crippen molar-refractivity contribution in [1.82, 2.24) is 19.9 Å². The van der Waals surface area contributed by atoms with Gasteiger partial charge in [0.2, 0.25) is 0 Å². The van der Waals surface area contributed by atoms with Crippen molar-refractivity contribution in [3.05, 3.63) is 84.7 Å². The number of rotatable bonds is 8. The normalized spacial score (nSPS) is 14.9. The van der Waals surface area contributed by atoms with Gasteiger partial charge in [0.05, 0.1) is 17.8 Å². The van der Waals surface area contributed by atoms with Crippen molar-refractivity contribution in [3.8, 4) is 11.3 Å². The van der Waals surface area contributed by atoms with E-state index in [1.54, 1.807) is 36.7 Å². The first-order valence-electron chi connectivity index (χ1n) is 12.6. The van der Waals surface area contributed by atoms with E-state index in [0.717, 1.165) is 40.8 Å². The molecule has 2 aromatic carbocycles. The molecule has 0 unspecified atom stereocenters. The van der Waals surface area contributed by atoms with Gasteiger partial charge in [0.25, 0.3) is 0 Å². The maximum Gasteiger partial charge on any atom is 0.141 e. The summed E-state index contributed by atoms with van der Waals surface area (Å²) in [4.78, 5) is 20.3. The lowest BCUT2D eigenvalue weighted by molar-refractivity contribution is 0.235. The maximum absolute atomic E-state index is 14.3. The van der Waals surface area contributed by atoms with Crippen LogP contribution in [0, 0.1) is 5.82 Å². The van der Waals surface area contributed by atoms with Crippen molar-refractivity contribution >= 4 is 34.2 Å². The van der Waals surface area contributed by atoms with Crippen LogP contribution in [0.4, 0.5) is 15.9 Å². The topological polar surface area (TPSA) is 92.3 Å². The minimum Gasteiger partial charge on any atom is -0.404 e. The molecular formula is C29H30FN7. The molecule has 2 aromatic heterocycles. The SMILES string of the molecule is N/C=C(\C=NCCN1CCCCC1)c1ccc2c(Nc3ccnc(-c4ccccc4F)c3)ncnc2c1. The molecule has 37 heavy (non-hydrogen) atoms. The number of allylic oxidation sites excluding steroid dienone is 1. The van der Waals surface area contributed by atoms with Crippen LogP contribution in [-0.2, 0) is 0 Å². The highest BCUT2D eigenvalue weighted by atomic mass is 19.1. The van der Waals surface area contributed by atoms with Gasteiger partial charge in [-0.25, -0.2) is 14.4 Å². The number of fused-ring (bicyclic) bond motifs is 1. The van der Waals surface area contributed by atoms with E-state index in [4.69, 9.17) is 5.73 Å². The van der Waals surface area contributed by atoms with Gasteiger partial charge in [0.1, 0.15) is 18.0 Å². The number of likely N-dealkylation sites (tertiary alicyclic amines) is 1. The number of nitrogens with zero attached hydrogens (tertiary/aromatic N) is 5. The number of benzene rings is 2. The molecule has 1 saturated heterocycles. The van der Waals surface area contributed by atoms with Crippen molar-refractivity contribution in [2.45, 2.75) is 19.3 Å². The summed E-state index contributed by atoms with van der Waals surface area (Å²) >= 11 is 0. The Morgan fingerprint density at radius 1 is 1.03 bits per heavy atom. The molecule has 0 saturated carbocycles. The zero-order chi connectivity index (χ0) is 25.5. The molecule has 1 aliphatic heterocycles. The van der Waals surface area contributed by atoms with Crippen molar-refractivity contribution in [3.63, 3.8) is 0 Å². The summed E-state index contributed by atoms with van der Waals surface area (Å²) < 4.78 is 14.3. The number of nitrogens with two attached hydrogens (primary N) is 1. The Balaban J connectivity index is 1.32. The van der Waals surface area contributed by atoms with Crippen LogP contribution in [0.2, 0.25) is 0 Å². The Hall–Kier alpha value is -4.17. The third-order valence-corrected chi connectivity index (χ3v) is 6.55. The number of aliphatic imine (C=N–C) groups is 1. The Bertz CT molecular complexity index is 1430. The van der Waals surface area contributed by atoms with Crippen LogP contribution >= 0.6 is 0 Å². The third-order valence-electron chi connectivity index (χ3n) is 6.55. The summed E-state index contributed by atoms with van der Waals surface area (Å²) in [5.41, 5.74) is 10.2. The van der Waals surface area contributed by atoms with Gasteiger partial charge >= 0.3 is 0 Å². The lowest BCUT2D eigenvalue weighted by Gasteiger charge is -2.25. The number of hydrogen-bond donors (Lipinski definition) is 2. The summed E-state index contributed by atoms with van der Waals surface area (Å²) in [7, 11) is 0. The molecule has 4 aromatic rings. The molecule has 1 fully saturated rings. The van der Waals surface area contributed by atoms with Gasteiger partial charge in [-0.05, 0) is 67.9 Å². The van der Waals surface area contributed by atoms with Crippen LogP contribution in [-0.4, -0.2) is 52.2 Å². The van der Waals surface area contributed by atoms with Crippen LogP contribution in [0.3, 0.4) is 0 Å². The largest absolute Gasteiger partial charge is 0.404 e. The van der Waals surface area contributed by atoms with Gasteiger partial charge in [0, 0.05) is 47.4 Å². The smallest absolute Gasteiger partial charge is 0.141 e. The Kier molecular flexibility index (Phi) is 7.76. The molecule has 5 rings (SSSR count). The number of aromatic nitrogens is 3. The maximum atomic E-state index is 14.3. The van der Waals surface area contributed by atoms with E-state index in [9.17, 15) is 4.39 Å². The first-order valence-corrected chi connectivity index (χ1v) is 12.6. The number of piperidine rings is 1. The highest BCUT2D eigenvalue weighted by molar-refractivity contribution is 6.10. The van der Waals surface area contributed by atoms with E-state index < -0.39 is 0 Å². The molecule has 0 aliphatic carbocycles. The fraction of sp³-hybridized carbons (Fsp3) is 0.241. The lowest BCUT2D eigenvalue weighted by atomic mass is 10.1. The van der Waals surface area contributed by atoms with Gasteiger partial charge < -0.3 is 16.0 Å². The highest BCUT2D eigenvalue weighted by Gasteiger charge is 2.11. The molecule has 0 bridgehead atoms.